The maximum absolute atomic E-state index is 12.7. The van der Waals surface area contributed by atoms with Crippen LogP contribution in [0.1, 0.15) is 19.8 Å². The molecule has 7 nitrogen and oxygen atoms in total. The molecule has 2 heterocycles. The van der Waals surface area contributed by atoms with Crippen LogP contribution in [0.2, 0.25) is 5.02 Å². The highest BCUT2D eigenvalue weighted by atomic mass is 35.5. The van der Waals surface area contributed by atoms with E-state index in [1.807, 2.05) is 24.3 Å². The number of thioether (sulfide) groups is 1. The number of nitrogens with zero attached hydrogens (tertiary/aromatic N) is 1. The van der Waals surface area contributed by atoms with Gasteiger partial charge in [-0.15, -0.1) is 11.8 Å². The fraction of sp³-hybridized carbons (Fsp3) is 0.500. The lowest BCUT2D eigenvalue weighted by Crippen LogP contribution is -2.53. The third kappa shape index (κ3) is 4.33. The summed E-state index contributed by atoms with van der Waals surface area (Å²) in [5.74, 6) is -1.05. The molecule has 26 heavy (non-hydrogen) atoms. The number of benzene rings is 1. The Labute approximate surface area is 161 Å². The van der Waals surface area contributed by atoms with Gasteiger partial charge in [0.1, 0.15) is 5.54 Å². The number of hydrogen-bond donors (Lipinski definition) is 2. The maximum atomic E-state index is 12.7. The fourth-order valence-electron chi connectivity index (χ4n) is 3.07. The van der Waals surface area contributed by atoms with Gasteiger partial charge < -0.3 is 5.32 Å². The van der Waals surface area contributed by atoms with E-state index >= 15 is 0 Å². The zero-order valence-corrected chi connectivity index (χ0v) is 16.6. The molecule has 10 heteroatoms. The third-order valence-electron chi connectivity index (χ3n) is 4.50. The standard InChI is InChI=1S/C16H20ClN3O4S2/c1-16(14(21)18-15(22)19-16)10-26(23,24)20-8-6-13(7-9-20)25-12-4-2-11(17)3-5-12/h2-5,13H,6-10H2,1H3,(H2,18,19,21,22)/t16-/m1/s1. The molecule has 0 spiro atoms. The molecule has 0 bridgehead atoms. The van der Waals surface area contributed by atoms with Gasteiger partial charge in [0.15, 0.2) is 0 Å². The highest BCUT2D eigenvalue weighted by Gasteiger charge is 2.46. The minimum Gasteiger partial charge on any atom is -0.322 e. The molecule has 2 aliphatic rings. The molecular formula is C16H20ClN3O4S2. The van der Waals surface area contributed by atoms with Gasteiger partial charge in [0.05, 0.1) is 5.75 Å². The molecule has 0 saturated carbocycles. The SMILES string of the molecule is C[C@]1(CS(=O)(=O)N2CCC(Sc3ccc(Cl)cc3)CC2)NC(=O)NC1=O. The Morgan fingerprint density at radius 1 is 1.23 bits per heavy atom. The van der Waals surface area contributed by atoms with Crippen molar-refractivity contribution in [1.29, 1.82) is 0 Å². The molecule has 3 amide bonds. The fourth-order valence-corrected chi connectivity index (χ4v) is 6.20. The number of hydrogen-bond acceptors (Lipinski definition) is 5. The van der Waals surface area contributed by atoms with E-state index in [1.165, 1.54) is 11.2 Å². The molecule has 0 aromatic heterocycles. The third-order valence-corrected chi connectivity index (χ3v) is 8.19. The Balaban J connectivity index is 1.57. The minimum absolute atomic E-state index is 0.327. The van der Waals surface area contributed by atoms with Gasteiger partial charge >= 0.3 is 6.03 Å². The van der Waals surface area contributed by atoms with Crippen LogP contribution in [0.25, 0.3) is 0 Å². The van der Waals surface area contributed by atoms with Crippen LogP contribution in [0.15, 0.2) is 29.2 Å². The molecule has 3 rings (SSSR count). The zero-order chi connectivity index (χ0) is 18.9. The summed E-state index contributed by atoms with van der Waals surface area (Å²) in [6.07, 6.45) is 1.45. The lowest BCUT2D eigenvalue weighted by molar-refractivity contribution is -0.122. The quantitative estimate of drug-likeness (QED) is 0.712. The van der Waals surface area contributed by atoms with Crippen LogP contribution in [0.4, 0.5) is 4.79 Å². The minimum atomic E-state index is -3.65. The molecule has 0 unspecified atom stereocenters. The highest BCUT2D eigenvalue weighted by molar-refractivity contribution is 8.00. The molecule has 0 aliphatic carbocycles. The van der Waals surface area contributed by atoms with Gasteiger partial charge in [-0.1, -0.05) is 11.6 Å². The van der Waals surface area contributed by atoms with E-state index in [0.717, 1.165) is 17.7 Å². The normalized spacial score (nSPS) is 25.2. The summed E-state index contributed by atoms with van der Waals surface area (Å²) in [7, 11) is -3.65. The van der Waals surface area contributed by atoms with Crippen molar-refractivity contribution in [3.8, 4) is 0 Å². The predicted molar refractivity (Wildman–Crippen MR) is 101 cm³/mol. The first-order valence-electron chi connectivity index (χ1n) is 8.22. The van der Waals surface area contributed by atoms with E-state index in [0.29, 0.717) is 23.4 Å². The molecule has 1 aromatic rings. The Bertz CT molecular complexity index is 807. The number of carbonyl (C=O) groups is 2. The lowest BCUT2D eigenvalue weighted by atomic mass is 10.1. The van der Waals surface area contributed by atoms with Crippen molar-refractivity contribution in [3.63, 3.8) is 0 Å². The molecule has 142 valence electrons. The number of halogens is 1. The second-order valence-corrected chi connectivity index (χ2v) is 10.4. The van der Waals surface area contributed by atoms with Crippen molar-refractivity contribution in [1.82, 2.24) is 14.9 Å². The molecule has 0 radical (unpaired) electrons. The second kappa shape index (κ2) is 7.38. The van der Waals surface area contributed by atoms with Crippen LogP contribution < -0.4 is 10.6 Å². The van der Waals surface area contributed by atoms with E-state index in [-0.39, 0.29) is 0 Å². The highest BCUT2D eigenvalue weighted by Crippen LogP contribution is 2.32. The average molecular weight is 418 g/mol. The number of rotatable bonds is 5. The second-order valence-electron chi connectivity index (χ2n) is 6.67. The maximum Gasteiger partial charge on any atom is 0.322 e. The largest absolute Gasteiger partial charge is 0.322 e. The van der Waals surface area contributed by atoms with Crippen LogP contribution in [-0.2, 0) is 14.8 Å². The van der Waals surface area contributed by atoms with Gasteiger partial charge in [-0.25, -0.2) is 17.5 Å². The summed E-state index contributed by atoms with van der Waals surface area (Å²) in [4.78, 5) is 24.3. The van der Waals surface area contributed by atoms with E-state index < -0.39 is 33.3 Å². The van der Waals surface area contributed by atoms with Crippen molar-refractivity contribution in [2.75, 3.05) is 18.8 Å². The summed E-state index contributed by atoms with van der Waals surface area (Å²) in [5.41, 5.74) is -1.43. The van der Waals surface area contributed by atoms with Gasteiger partial charge in [-0.2, -0.15) is 0 Å². The van der Waals surface area contributed by atoms with Crippen LogP contribution in [0.5, 0.6) is 0 Å². The summed E-state index contributed by atoms with van der Waals surface area (Å²) in [5, 5.41) is 5.50. The summed E-state index contributed by atoms with van der Waals surface area (Å²) in [6, 6.07) is 6.93. The molecule has 2 fully saturated rings. The first kappa shape index (κ1) is 19.5. The van der Waals surface area contributed by atoms with E-state index in [1.54, 1.807) is 11.8 Å². The van der Waals surface area contributed by atoms with Crippen molar-refractivity contribution in [2.24, 2.45) is 0 Å². The van der Waals surface area contributed by atoms with Crippen LogP contribution in [0, 0.1) is 0 Å². The Kier molecular flexibility index (Phi) is 5.53. The number of carbonyl (C=O) groups excluding carboxylic acids is 2. The zero-order valence-electron chi connectivity index (χ0n) is 14.2. The first-order valence-corrected chi connectivity index (χ1v) is 11.1. The summed E-state index contributed by atoms with van der Waals surface area (Å²) in [6.45, 7) is 2.23. The van der Waals surface area contributed by atoms with Crippen molar-refractivity contribution < 1.29 is 18.0 Å². The smallest absolute Gasteiger partial charge is 0.322 e. The van der Waals surface area contributed by atoms with Crippen molar-refractivity contribution in [3.05, 3.63) is 29.3 Å². The number of nitrogens with one attached hydrogen (secondary N) is 2. The van der Waals surface area contributed by atoms with E-state index in [2.05, 4.69) is 10.6 Å². The van der Waals surface area contributed by atoms with Crippen molar-refractivity contribution in [2.45, 2.75) is 35.4 Å². The molecule has 2 aliphatic heterocycles. The molecular weight excluding hydrogens is 398 g/mol. The summed E-state index contributed by atoms with van der Waals surface area (Å²) < 4.78 is 26.8. The van der Waals surface area contributed by atoms with Crippen LogP contribution in [0.3, 0.4) is 0 Å². The molecule has 1 atom stereocenters. The monoisotopic (exact) mass is 417 g/mol. The molecule has 1 aromatic carbocycles. The topological polar surface area (TPSA) is 95.6 Å². The van der Waals surface area contributed by atoms with Gasteiger partial charge in [0.2, 0.25) is 10.0 Å². The van der Waals surface area contributed by atoms with Gasteiger partial charge in [-0.05, 0) is 44.0 Å². The van der Waals surface area contributed by atoms with Gasteiger partial charge in [0.25, 0.3) is 5.91 Å². The molecule has 2 N–H and O–H groups in total. The van der Waals surface area contributed by atoms with Crippen LogP contribution >= 0.6 is 23.4 Å². The Morgan fingerprint density at radius 3 is 2.38 bits per heavy atom. The van der Waals surface area contributed by atoms with Gasteiger partial charge in [0, 0.05) is 28.3 Å². The number of amides is 3. The number of imide groups is 1. The van der Waals surface area contributed by atoms with E-state index in [4.69, 9.17) is 11.6 Å². The predicted octanol–water partition coefficient (Wildman–Crippen LogP) is 1.82. The molecule has 2 saturated heterocycles. The Hall–Kier alpha value is -1.29. The number of sulfonamides is 1. The first-order chi connectivity index (χ1) is 12.2. The lowest BCUT2D eigenvalue weighted by Gasteiger charge is -2.32. The average Bonchev–Trinajstić information content (AvgIpc) is 2.81. The van der Waals surface area contributed by atoms with Crippen molar-refractivity contribution >= 4 is 45.3 Å². The van der Waals surface area contributed by atoms with Crippen LogP contribution in [-0.4, -0.2) is 54.3 Å². The Morgan fingerprint density at radius 2 is 1.85 bits per heavy atom. The summed E-state index contributed by atoms with van der Waals surface area (Å²) >= 11 is 7.60. The number of piperidine rings is 1. The number of urea groups is 1. The van der Waals surface area contributed by atoms with Gasteiger partial charge in [-0.3, -0.25) is 10.1 Å². The van der Waals surface area contributed by atoms with E-state index in [9.17, 15) is 18.0 Å².